The molecule has 0 radical (unpaired) electrons. The lowest BCUT2D eigenvalue weighted by molar-refractivity contribution is 0.857. The molecule has 0 spiro atoms. The van der Waals surface area contributed by atoms with Gasteiger partial charge in [-0.25, -0.2) is 0 Å². The summed E-state index contributed by atoms with van der Waals surface area (Å²) in [6, 6.07) is 0. The molecule has 78 valence electrons. The summed E-state index contributed by atoms with van der Waals surface area (Å²) < 4.78 is 0. The van der Waals surface area contributed by atoms with Gasteiger partial charge in [-0.2, -0.15) is 0 Å². The smallest absolute Gasteiger partial charge is 0.0320 e. The molecule has 0 bridgehead atoms. The van der Waals surface area contributed by atoms with E-state index in [0.29, 0.717) is 0 Å². The molecule has 0 saturated heterocycles. The first kappa shape index (κ1) is 15.0. The second-order valence-corrected chi connectivity index (χ2v) is 2.94. The van der Waals surface area contributed by atoms with Crippen LogP contribution in [0.2, 0.25) is 0 Å². The number of hydrogen-bond donors (Lipinski definition) is 0. The van der Waals surface area contributed by atoms with Gasteiger partial charge in [-0.1, -0.05) is 57.4 Å². The molecule has 0 amide bonds. The van der Waals surface area contributed by atoms with Crippen molar-refractivity contribution >= 4 is 0 Å². The van der Waals surface area contributed by atoms with E-state index in [0.717, 1.165) is 0 Å². The van der Waals surface area contributed by atoms with Gasteiger partial charge < -0.3 is 0 Å². The summed E-state index contributed by atoms with van der Waals surface area (Å²) in [6.45, 7) is 12.7. The molecule has 0 unspecified atom stereocenters. The Morgan fingerprint density at radius 1 is 1.15 bits per heavy atom. The Bertz CT molecular complexity index is 149. The van der Waals surface area contributed by atoms with Crippen molar-refractivity contribution in [1.29, 1.82) is 0 Å². The van der Waals surface area contributed by atoms with Crippen molar-refractivity contribution in [1.82, 2.24) is 0 Å². The summed E-state index contributed by atoms with van der Waals surface area (Å²) in [4.78, 5) is 0. The Morgan fingerprint density at radius 2 is 1.69 bits per heavy atom. The molecule has 13 heavy (non-hydrogen) atoms. The van der Waals surface area contributed by atoms with E-state index in [2.05, 4.69) is 39.8 Å². The van der Waals surface area contributed by atoms with E-state index in [1.165, 1.54) is 24.8 Å². The third-order valence-electron chi connectivity index (χ3n) is 1.91. The van der Waals surface area contributed by atoms with Crippen LogP contribution in [-0.4, -0.2) is 0 Å². The number of hydrogen-bond acceptors (Lipinski definition) is 0. The van der Waals surface area contributed by atoms with E-state index >= 15 is 0 Å². The molecule has 0 fully saturated rings. The zero-order valence-corrected chi connectivity index (χ0v) is 10.3. The molecule has 0 aromatic rings. The molecule has 0 N–H and O–H groups in total. The monoisotopic (exact) mass is 182 g/mol. The van der Waals surface area contributed by atoms with Gasteiger partial charge in [-0.05, 0) is 26.7 Å². The average molecular weight is 182 g/mol. The molecule has 0 heterocycles. The number of rotatable bonds is 4. The van der Waals surface area contributed by atoms with Crippen LogP contribution in [0.5, 0.6) is 0 Å². The quantitative estimate of drug-likeness (QED) is 0.530. The number of allylic oxidation sites excluding steroid dienone is 4. The molecule has 0 atom stereocenters. The van der Waals surface area contributed by atoms with Gasteiger partial charge in [0.05, 0.1) is 0 Å². The predicted molar refractivity (Wildman–Crippen MR) is 64.1 cm³/mol. The highest BCUT2D eigenvalue weighted by Gasteiger charge is 1.91. The lowest BCUT2D eigenvalue weighted by Gasteiger charge is -2.01. The van der Waals surface area contributed by atoms with E-state index in [9.17, 15) is 0 Å². The van der Waals surface area contributed by atoms with Crippen LogP contribution in [0.3, 0.4) is 0 Å². The van der Waals surface area contributed by atoms with Crippen LogP contribution in [0.4, 0.5) is 0 Å². The summed E-state index contributed by atoms with van der Waals surface area (Å²) >= 11 is 0. The van der Waals surface area contributed by atoms with Crippen LogP contribution in [0, 0.1) is 0 Å². The highest BCUT2D eigenvalue weighted by molar-refractivity contribution is 5.20. The van der Waals surface area contributed by atoms with Crippen molar-refractivity contribution in [2.45, 2.75) is 60.8 Å². The van der Waals surface area contributed by atoms with E-state index in [1.807, 2.05) is 13.8 Å². The highest BCUT2D eigenvalue weighted by atomic mass is 14.0. The van der Waals surface area contributed by atoms with Gasteiger partial charge in [0.25, 0.3) is 0 Å². The van der Waals surface area contributed by atoms with Gasteiger partial charge >= 0.3 is 0 Å². The maximum Gasteiger partial charge on any atom is -0.0320 e. The molecule has 0 saturated carbocycles. The fraction of sp³-hybridized carbons (Fsp3) is 0.692. The molecule has 0 rings (SSSR count). The Hall–Kier alpha value is -0.520. The normalized spacial score (nSPS) is 12.2. The third kappa shape index (κ3) is 9.39. The minimum atomic E-state index is 1.19. The summed E-state index contributed by atoms with van der Waals surface area (Å²) in [5, 5.41) is 0. The van der Waals surface area contributed by atoms with E-state index in [1.54, 1.807) is 5.57 Å². The SMILES string of the molecule is C/C=C(C)\C=C(/CC)CCC.CC. The lowest BCUT2D eigenvalue weighted by Crippen LogP contribution is -1.81. The van der Waals surface area contributed by atoms with Crippen molar-refractivity contribution < 1.29 is 0 Å². The van der Waals surface area contributed by atoms with E-state index < -0.39 is 0 Å². The summed E-state index contributed by atoms with van der Waals surface area (Å²) in [5.74, 6) is 0. The Morgan fingerprint density at radius 3 is 2.00 bits per heavy atom. The zero-order valence-electron chi connectivity index (χ0n) is 10.3. The van der Waals surface area contributed by atoms with Crippen molar-refractivity contribution in [3.8, 4) is 0 Å². The topological polar surface area (TPSA) is 0 Å². The van der Waals surface area contributed by atoms with Crippen molar-refractivity contribution in [2.75, 3.05) is 0 Å². The summed E-state index contributed by atoms with van der Waals surface area (Å²) in [6.07, 6.45) is 8.17. The maximum absolute atomic E-state index is 2.31. The van der Waals surface area contributed by atoms with E-state index in [-0.39, 0.29) is 0 Å². The fourth-order valence-corrected chi connectivity index (χ4v) is 1.08. The van der Waals surface area contributed by atoms with E-state index in [4.69, 9.17) is 0 Å². The van der Waals surface area contributed by atoms with Crippen molar-refractivity contribution in [3.63, 3.8) is 0 Å². The third-order valence-corrected chi connectivity index (χ3v) is 1.91. The largest absolute Gasteiger partial charge is 0.0847 e. The Labute approximate surface area is 84.7 Å². The molecule has 0 aromatic heterocycles. The van der Waals surface area contributed by atoms with Crippen LogP contribution < -0.4 is 0 Å². The molecule has 0 aromatic carbocycles. The van der Waals surface area contributed by atoms with Crippen LogP contribution in [0.1, 0.15) is 60.8 Å². The van der Waals surface area contributed by atoms with Crippen molar-refractivity contribution in [3.05, 3.63) is 23.3 Å². The van der Waals surface area contributed by atoms with Crippen LogP contribution >= 0.6 is 0 Å². The summed E-state index contributed by atoms with van der Waals surface area (Å²) in [7, 11) is 0. The Balaban J connectivity index is 0. The highest BCUT2D eigenvalue weighted by Crippen LogP contribution is 2.11. The van der Waals surface area contributed by atoms with Crippen LogP contribution in [-0.2, 0) is 0 Å². The lowest BCUT2D eigenvalue weighted by atomic mass is 10.1. The minimum absolute atomic E-state index is 1.19. The second-order valence-electron chi connectivity index (χ2n) is 2.94. The van der Waals surface area contributed by atoms with Crippen LogP contribution in [0.25, 0.3) is 0 Å². The van der Waals surface area contributed by atoms with Gasteiger partial charge in [0.1, 0.15) is 0 Å². The van der Waals surface area contributed by atoms with Gasteiger partial charge in [0.2, 0.25) is 0 Å². The first-order valence-electron chi connectivity index (χ1n) is 5.56. The molecular weight excluding hydrogens is 156 g/mol. The van der Waals surface area contributed by atoms with Gasteiger partial charge in [0, 0.05) is 0 Å². The molecule has 0 nitrogen and oxygen atoms in total. The summed E-state index contributed by atoms with van der Waals surface area (Å²) in [5.41, 5.74) is 2.96. The zero-order chi connectivity index (χ0) is 10.7. The van der Waals surface area contributed by atoms with Gasteiger partial charge in [-0.15, -0.1) is 0 Å². The molecular formula is C13H26. The molecule has 0 aliphatic heterocycles. The first-order chi connectivity index (χ1) is 6.24. The van der Waals surface area contributed by atoms with Crippen LogP contribution in [0.15, 0.2) is 23.3 Å². The van der Waals surface area contributed by atoms with Gasteiger partial charge in [-0.3, -0.25) is 0 Å². The first-order valence-corrected chi connectivity index (χ1v) is 5.56. The second kappa shape index (κ2) is 11.5. The molecule has 0 aliphatic rings. The standard InChI is InChI=1S/C11H20.C2H6/c1-5-8-11(7-3)9-10(4)6-2;1-2/h6,9H,5,7-8H2,1-4H3;1-2H3/b10-6-,11-9+;. The molecule has 0 aliphatic carbocycles. The Kier molecular flexibility index (Phi) is 13.2. The average Bonchev–Trinajstić information content (AvgIpc) is 2.20. The minimum Gasteiger partial charge on any atom is -0.0847 e. The molecule has 0 heteroatoms. The predicted octanol–water partition coefficient (Wildman–Crippen LogP) is 5.12. The van der Waals surface area contributed by atoms with Crippen molar-refractivity contribution in [2.24, 2.45) is 0 Å². The maximum atomic E-state index is 2.31. The fourth-order valence-electron chi connectivity index (χ4n) is 1.08. The van der Waals surface area contributed by atoms with Gasteiger partial charge in [0.15, 0.2) is 0 Å².